The zero-order chi connectivity index (χ0) is 18.4. The van der Waals surface area contributed by atoms with Gasteiger partial charge in [0, 0.05) is 5.39 Å². The summed E-state index contributed by atoms with van der Waals surface area (Å²) in [6.07, 6.45) is 0. The Labute approximate surface area is 144 Å². The van der Waals surface area contributed by atoms with Crippen molar-refractivity contribution in [1.29, 1.82) is 0 Å². The fraction of sp³-hybridized carbons (Fsp3) is 0. The Morgan fingerprint density at radius 3 is 2.58 bits per heavy atom. The van der Waals surface area contributed by atoms with Crippen molar-refractivity contribution in [2.24, 2.45) is 0 Å². The van der Waals surface area contributed by atoms with Crippen LogP contribution in [0, 0.1) is 5.82 Å². The number of rotatable bonds is 3. The molecule has 8 heteroatoms. The van der Waals surface area contributed by atoms with Crippen LogP contribution in [0.2, 0.25) is 0 Å². The number of fused-ring (bicyclic) bond motifs is 2. The van der Waals surface area contributed by atoms with E-state index in [1.165, 1.54) is 17.6 Å². The smallest absolute Gasteiger partial charge is 0.312 e. The van der Waals surface area contributed by atoms with Crippen molar-refractivity contribution < 1.29 is 28.0 Å². The van der Waals surface area contributed by atoms with Crippen LogP contribution in [0.5, 0.6) is 0 Å². The van der Waals surface area contributed by atoms with Gasteiger partial charge in [-0.15, -0.1) is 0 Å². The van der Waals surface area contributed by atoms with Gasteiger partial charge in [-0.25, -0.2) is 9.87 Å². The molecule has 2 heterocycles. The number of nitrogens with two attached hydrogens (primary N) is 1. The second-order valence-corrected chi connectivity index (χ2v) is 5.56. The Morgan fingerprint density at radius 1 is 1.08 bits per heavy atom. The number of hydrogen-bond acceptors (Lipinski definition) is 6. The van der Waals surface area contributed by atoms with Crippen LogP contribution >= 0.6 is 0 Å². The molecule has 4 aromatic rings. The monoisotopic (exact) mass is 354 g/mol. The third-order valence-corrected chi connectivity index (χ3v) is 4.03. The van der Waals surface area contributed by atoms with Gasteiger partial charge in [0.25, 0.3) is 0 Å². The second kappa shape index (κ2) is 5.71. The van der Waals surface area contributed by atoms with Crippen LogP contribution in [0.15, 0.2) is 51.3 Å². The van der Waals surface area contributed by atoms with Crippen molar-refractivity contribution >= 4 is 39.3 Å². The van der Waals surface area contributed by atoms with Crippen LogP contribution in [0.1, 0.15) is 26.7 Å². The summed E-state index contributed by atoms with van der Waals surface area (Å²) < 4.78 is 25.2. The summed E-state index contributed by atoms with van der Waals surface area (Å²) in [6, 6.07) is 10.7. The number of nitrogens with one attached hydrogen (secondary N) is 1. The molecule has 4 N–H and O–H groups in total. The number of carbonyl (C=O) groups excluding carboxylic acids is 2. The van der Waals surface area contributed by atoms with E-state index in [2.05, 4.69) is 0 Å². The molecule has 0 fully saturated rings. The third kappa shape index (κ3) is 2.24. The number of hydrogen-bond donors (Lipinski definition) is 3. The molecule has 2 aromatic carbocycles. The Morgan fingerprint density at radius 2 is 1.85 bits per heavy atom. The lowest BCUT2D eigenvalue weighted by atomic mass is 10.0. The van der Waals surface area contributed by atoms with Crippen LogP contribution in [0.25, 0.3) is 21.9 Å². The molecule has 0 spiro atoms. The lowest BCUT2D eigenvalue weighted by Gasteiger charge is -2.02. The van der Waals surface area contributed by atoms with Gasteiger partial charge in [0.05, 0.1) is 16.6 Å². The first-order chi connectivity index (χ1) is 12.5. The first-order valence-corrected chi connectivity index (χ1v) is 7.49. The van der Waals surface area contributed by atoms with Crippen LogP contribution in [0.3, 0.4) is 0 Å². The Kier molecular flexibility index (Phi) is 3.48. The van der Waals surface area contributed by atoms with E-state index >= 15 is 0 Å². The highest BCUT2D eigenvalue weighted by molar-refractivity contribution is 6.20. The number of benzene rings is 2. The number of para-hydroxylation sites is 1. The fourth-order valence-electron chi connectivity index (χ4n) is 2.85. The summed E-state index contributed by atoms with van der Waals surface area (Å²) in [5, 5.41) is 9.38. The van der Waals surface area contributed by atoms with Crippen LogP contribution < -0.4 is 11.2 Å². The van der Waals surface area contributed by atoms with E-state index in [0.29, 0.717) is 11.0 Å². The maximum Gasteiger partial charge on any atom is 0.312 e. The molecule has 0 bridgehead atoms. The minimum atomic E-state index is -1.01. The van der Waals surface area contributed by atoms with Gasteiger partial charge in [-0.3, -0.25) is 14.8 Å². The van der Waals surface area contributed by atoms with Crippen LogP contribution in [0.4, 0.5) is 10.1 Å². The maximum absolute atomic E-state index is 14.5. The summed E-state index contributed by atoms with van der Waals surface area (Å²) in [4.78, 5) is 24.5. The molecule has 0 saturated carbocycles. The van der Waals surface area contributed by atoms with Gasteiger partial charge in [-0.1, -0.05) is 18.2 Å². The Bertz CT molecular complexity index is 1160. The number of hydroxylamine groups is 1. The van der Waals surface area contributed by atoms with Crippen LogP contribution in [-0.2, 0) is 0 Å². The van der Waals surface area contributed by atoms with Gasteiger partial charge in [0.1, 0.15) is 17.0 Å². The molecule has 7 nitrogen and oxygen atoms in total. The molecule has 1 amide bonds. The minimum Gasteiger partial charge on any atom is -0.453 e. The molecular formula is C18H11FN2O5. The summed E-state index contributed by atoms with van der Waals surface area (Å²) in [7, 11) is 0. The molecule has 0 aliphatic heterocycles. The quantitative estimate of drug-likeness (QED) is 0.295. The predicted octanol–water partition coefficient (Wildman–Crippen LogP) is 3.25. The van der Waals surface area contributed by atoms with Crippen molar-refractivity contribution in [3.8, 4) is 0 Å². The Balaban J connectivity index is 1.95. The first-order valence-electron chi connectivity index (χ1n) is 7.49. The van der Waals surface area contributed by atoms with Crippen molar-refractivity contribution in [1.82, 2.24) is 5.48 Å². The summed E-state index contributed by atoms with van der Waals surface area (Å²) >= 11 is 0. The van der Waals surface area contributed by atoms with Gasteiger partial charge in [0.15, 0.2) is 5.76 Å². The molecule has 130 valence electrons. The lowest BCUT2D eigenvalue weighted by Crippen LogP contribution is -2.19. The highest BCUT2D eigenvalue weighted by Gasteiger charge is 2.27. The zero-order valence-corrected chi connectivity index (χ0v) is 13.1. The third-order valence-electron chi connectivity index (χ3n) is 4.03. The van der Waals surface area contributed by atoms with Gasteiger partial charge >= 0.3 is 5.91 Å². The minimum absolute atomic E-state index is 0.0296. The summed E-state index contributed by atoms with van der Waals surface area (Å²) in [5.41, 5.74) is 7.12. The summed E-state index contributed by atoms with van der Waals surface area (Å²) in [5.74, 6) is -3.10. The molecule has 26 heavy (non-hydrogen) atoms. The molecule has 0 radical (unpaired) electrons. The number of nitrogen functional groups attached to an aromatic ring is 1. The predicted molar refractivity (Wildman–Crippen MR) is 89.5 cm³/mol. The van der Waals surface area contributed by atoms with Gasteiger partial charge in [-0.2, -0.15) is 0 Å². The number of carbonyl (C=O) groups is 2. The van der Waals surface area contributed by atoms with Crippen LogP contribution in [-0.4, -0.2) is 16.9 Å². The molecule has 0 atom stereocenters. The number of ketones is 1. The van der Waals surface area contributed by atoms with Gasteiger partial charge < -0.3 is 14.6 Å². The highest BCUT2D eigenvalue weighted by atomic mass is 19.1. The fourth-order valence-corrected chi connectivity index (χ4v) is 2.85. The maximum atomic E-state index is 14.5. The topological polar surface area (TPSA) is 119 Å². The molecule has 0 aliphatic rings. The van der Waals surface area contributed by atoms with Gasteiger partial charge in [-0.05, 0) is 24.3 Å². The molecular weight excluding hydrogens is 343 g/mol. The first kappa shape index (κ1) is 15.9. The van der Waals surface area contributed by atoms with E-state index in [-0.39, 0.29) is 28.0 Å². The second-order valence-electron chi connectivity index (χ2n) is 5.56. The van der Waals surface area contributed by atoms with Crippen molar-refractivity contribution in [2.45, 2.75) is 0 Å². The zero-order valence-electron chi connectivity index (χ0n) is 13.1. The van der Waals surface area contributed by atoms with E-state index in [0.717, 1.165) is 6.07 Å². The number of halogens is 1. The SMILES string of the molecule is Nc1c(C(=O)NO)oc2ccc(F)c(C(=O)c3cc4ccccc4o3)c12. The summed E-state index contributed by atoms with van der Waals surface area (Å²) in [6.45, 7) is 0. The van der Waals surface area contributed by atoms with E-state index in [1.807, 2.05) is 0 Å². The molecule has 2 aromatic heterocycles. The number of amides is 1. The van der Waals surface area contributed by atoms with Crippen molar-refractivity contribution in [3.05, 3.63) is 65.4 Å². The van der Waals surface area contributed by atoms with Crippen molar-refractivity contribution in [2.75, 3.05) is 5.73 Å². The molecule has 0 aliphatic carbocycles. The standard InChI is InChI=1S/C18H11FN2O5/c19-9-5-6-11-14(15(20)17(26-11)18(23)21-24)13(9)16(22)12-7-8-3-1-2-4-10(8)25-12/h1-7,24H,20H2,(H,21,23). The number of anilines is 1. The lowest BCUT2D eigenvalue weighted by molar-refractivity contribution is 0.0679. The average molecular weight is 354 g/mol. The van der Waals surface area contributed by atoms with E-state index in [4.69, 9.17) is 19.8 Å². The normalized spacial score (nSPS) is 11.2. The van der Waals surface area contributed by atoms with E-state index in [1.54, 1.807) is 24.3 Å². The number of furan rings is 2. The molecule has 0 unspecified atom stereocenters. The van der Waals surface area contributed by atoms with E-state index < -0.39 is 23.3 Å². The highest BCUT2D eigenvalue weighted by Crippen LogP contribution is 2.34. The largest absolute Gasteiger partial charge is 0.453 e. The van der Waals surface area contributed by atoms with E-state index in [9.17, 15) is 14.0 Å². The average Bonchev–Trinajstić information content (AvgIpc) is 3.22. The molecule has 4 rings (SSSR count). The Hall–Kier alpha value is -3.65. The molecule has 0 saturated heterocycles. The van der Waals surface area contributed by atoms with Gasteiger partial charge in [0.2, 0.25) is 11.5 Å². The van der Waals surface area contributed by atoms with Crippen molar-refractivity contribution in [3.63, 3.8) is 0 Å².